The average molecular weight is 312 g/mol. The van der Waals surface area contributed by atoms with Gasteiger partial charge in [0.15, 0.2) is 0 Å². The molecule has 7 heteroatoms. The number of benzene rings is 1. The van der Waals surface area contributed by atoms with Crippen LogP contribution in [0.25, 0.3) is 11.1 Å². The average Bonchev–Trinajstić information content (AvgIpc) is 2.45. The van der Waals surface area contributed by atoms with Crippen LogP contribution in [-0.2, 0) is 13.3 Å². The zero-order chi connectivity index (χ0) is 15.9. The molecule has 2 amide bonds. The molecule has 2 aliphatic carbocycles. The highest BCUT2D eigenvalue weighted by Gasteiger charge is 2.47. The summed E-state index contributed by atoms with van der Waals surface area (Å²) in [5.74, 6) is 0. The first kappa shape index (κ1) is 17.6. The summed E-state index contributed by atoms with van der Waals surface area (Å²) in [7, 11) is 1.67. The Morgan fingerprint density at radius 1 is 1.14 bits per heavy atom. The maximum atomic E-state index is 10.8. The molecule has 0 spiro atoms. The number of primary amides is 1. The fraction of sp³-hybridized carbons (Fsp3) is 0.500. The monoisotopic (exact) mass is 312 g/mol. The zero-order valence-corrected chi connectivity index (χ0v) is 14.0. The fourth-order valence-electron chi connectivity index (χ4n) is 2.14. The third kappa shape index (κ3) is 4.27. The van der Waals surface area contributed by atoms with Crippen molar-refractivity contribution in [2.45, 2.75) is 25.4 Å². The van der Waals surface area contributed by atoms with E-state index in [4.69, 9.17) is 19.0 Å². The van der Waals surface area contributed by atoms with Gasteiger partial charge in [0.05, 0.1) is 0 Å². The van der Waals surface area contributed by atoms with Gasteiger partial charge in [-0.15, -0.1) is 0 Å². The van der Waals surface area contributed by atoms with Crippen molar-refractivity contribution in [3.63, 3.8) is 0 Å². The van der Waals surface area contributed by atoms with Gasteiger partial charge in [0.1, 0.15) is 5.67 Å². The van der Waals surface area contributed by atoms with Crippen molar-refractivity contribution in [1.82, 2.24) is 5.32 Å². The lowest BCUT2D eigenvalue weighted by Gasteiger charge is -2.32. The van der Waals surface area contributed by atoms with Crippen LogP contribution in [0.15, 0.2) is 24.3 Å². The van der Waals surface area contributed by atoms with Crippen LogP contribution in [0.2, 0.25) is 0 Å². The number of carbonyl (C=O) groups is 1. The number of hydrogen-bond donors (Lipinski definition) is 2. The number of carbonyl (C=O) groups excluding carboxylic acids is 1. The minimum Gasteiger partial charge on any atom is -0.376 e. The lowest BCUT2D eigenvalue weighted by Crippen LogP contribution is -2.62. The molecule has 0 aliphatic heterocycles. The number of urea groups is 1. The quantitative estimate of drug-likeness (QED) is 0.765. The first-order chi connectivity index (χ1) is 10.0. The van der Waals surface area contributed by atoms with Crippen molar-refractivity contribution in [3.05, 3.63) is 24.3 Å². The minimum atomic E-state index is -2.84. The van der Waals surface area contributed by atoms with Gasteiger partial charge >= 0.3 is 14.8 Å². The van der Waals surface area contributed by atoms with E-state index in [0.717, 1.165) is 6.42 Å². The second-order valence-corrected chi connectivity index (χ2v) is 7.77. The molecule has 3 N–H and O–H groups in total. The molecule has 2 aliphatic rings. The SMILES string of the molecule is CCCC(NC(N)=O)[Si](OC)(OC)OC.c1cc2ccc1-2. The molecule has 118 valence electrons. The molecule has 0 radical (unpaired) electrons. The Morgan fingerprint density at radius 3 is 1.76 bits per heavy atom. The van der Waals surface area contributed by atoms with Gasteiger partial charge in [0.2, 0.25) is 0 Å². The summed E-state index contributed by atoms with van der Waals surface area (Å²) in [6.45, 7) is 2.00. The molecule has 0 bridgehead atoms. The second-order valence-electron chi connectivity index (χ2n) is 4.64. The topological polar surface area (TPSA) is 82.8 Å². The second kappa shape index (κ2) is 8.13. The molecule has 0 fully saturated rings. The van der Waals surface area contributed by atoms with E-state index < -0.39 is 14.8 Å². The third-order valence-corrected chi connectivity index (χ3v) is 6.39. The molecule has 0 aromatic rings. The van der Waals surface area contributed by atoms with Gasteiger partial charge in [-0.2, -0.15) is 0 Å². The summed E-state index contributed by atoms with van der Waals surface area (Å²) < 4.78 is 15.8. The standard InChI is InChI=1S/C8H20N2O4Si.C6H4/c1-5-6-7(10-8(9)11)15(12-2,13-3)14-4;1-2-6-4-3-5(1)6/h7H,5-6H2,1-4H3,(H3,9,10,11);1-4H. The van der Waals surface area contributed by atoms with Gasteiger partial charge in [-0.25, -0.2) is 4.79 Å². The van der Waals surface area contributed by atoms with Gasteiger partial charge < -0.3 is 24.3 Å². The molecule has 1 atom stereocenters. The highest BCUT2D eigenvalue weighted by Crippen LogP contribution is 2.29. The Labute approximate surface area is 126 Å². The summed E-state index contributed by atoms with van der Waals surface area (Å²) in [6, 6.07) is 7.88. The largest absolute Gasteiger partial charge is 0.523 e. The van der Waals surface area contributed by atoms with Crippen LogP contribution in [0.4, 0.5) is 4.79 Å². The molecule has 0 aromatic carbocycles. The van der Waals surface area contributed by atoms with Gasteiger partial charge in [0.25, 0.3) is 0 Å². The van der Waals surface area contributed by atoms with E-state index in [1.807, 2.05) is 6.92 Å². The molecule has 0 aromatic heterocycles. The van der Waals surface area contributed by atoms with Gasteiger partial charge in [0, 0.05) is 21.3 Å². The lowest BCUT2D eigenvalue weighted by atomic mass is 9.95. The minimum absolute atomic E-state index is 0.306. The van der Waals surface area contributed by atoms with Gasteiger partial charge in [-0.1, -0.05) is 37.6 Å². The van der Waals surface area contributed by atoms with Gasteiger partial charge in [-0.3, -0.25) is 0 Å². The Hall–Kier alpha value is -1.41. The first-order valence-corrected chi connectivity index (χ1v) is 8.65. The lowest BCUT2D eigenvalue weighted by molar-refractivity contribution is 0.106. The number of nitrogens with two attached hydrogens (primary N) is 1. The number of amides is 2. The molecule has 21 heavy (non-hydrogen) atoms. The van der Waals surface area contributed by atoms with E-state index in [1.165, 1.54) is 32.5 Å². The Balaban J connectivity index is 0.000000294. The number of hydrogen-bond acceptors (Lipinski definition) is 4. The Morgan fingerprint density at radius 2 is 1.57 bits per heavy atom. The Kier molecular flexibility index (Phi) is 6.83. The molecule has 0 saturated carbocycles. The maximum Gasteiger partial charge on any atom is 0.523 e. The Bertz CT molecular complexity index is 420. The predicted octanol–water partition coefficient (Wildman–Crippen LogP) is 1.91. The normalized spacial score (nSPS) is 13.0. The van der Waals surface area contributed by atoms with Crippen molar-refractivity contribution in [3.8, 4) is 11.1 Å². The van der Waals surface area contributed by atoms with Crippen LogP contribution >= 0.6 is 0 Å². The van der Waals surface area contributed by atoms with Crippen LogP contribution in [0.3, 0.4) is 0 Å². The summed E-state index contributed by atoms with van der Waals surface area (Å²) in [6.07, 6.45) is 1.57. The van der Waals surface area contributed by atoms with Crippen molar-refractivity contribution in [2.75, 3.05) is 21.3 Å². The van der Waals surface area contributed by atoms with E-state index in [0.29, 0.717) is 6.42 Å². The van der Waals surface area contributed by atoms with Crippen LogP contribution in [0.1, 0.15) is 19.8 Å². The van der Waals surface area contributed by atoms with Crippen LogP contribution in [0.5, 0.6) is 0 Å². The fourth-order valence-corrected chi connectivity index (χ4v) is 4.45. The smallest absolute Gasteiger partial charge is 0.376 e. The zero-order valence-electron chi connectivity index (χ0n) is 13.0. The third-order valence-electron chi connectivity index (χ3n) is 3.39. The summed E-state index contributed by atoms with van der Waals surface area (Å²) >= 11 is 0. The summed E-state index contributed by atoms with van der Waals surface area (Å²) in [4.78, 5) is 10.8. The highest BCUT2D eigenvalue weighted by molar-refractivity contribution is 6.62. The number of rotatable bonds is 7. The predicted molar refractivity (Wildman–Crippen MR) is 83.6 cm³/mol. The van der Waals surface area contributed by atoms with Crippen LogP contribution in [0, 0.1) is 0 Å². The molecular formula is C14H24N2O4Si. The number of fused-ring (bicyclic) bond motifs is 1. The first-order valence-electron chi connectivity index (χ1n) is 6.84. The molecule has 0 saturated heterocycles. The summed E-state index contributed by atoms with van der Waals surface area (Å²) in [5.41, 5.74) is 7.64. The highest BCUT2D eigenvalue weighted by atomic mass is 28.4. The molecule has 0 heterocycles. The molecule has 6 nitrogen and oxygen atoms in total. The van der Waals surface area contributed by atoms with Crippen LogP contribution in [-0.4, -0.2) is 41.8 Å². The molecular weight excluding hydrogens is 288 g/mol. The van der Waals surface area contributed by atoms with Gasteiger partial charge in [-0.05, 0) is 17.5 Å². The van der Waals surface area contributed by atoms with E-state index in [1.54, 1.807) is 0 Å². The van der Waals surface area contributed by atoms with E-state index in [2.05, 4.69) is 29.6 Å². The number of nitrogens with one attached hydrogen (secondary N) is 1. The van der Waals surface area contributed by atoms with E-state index in [-0.39, 0.29) is 5.67 Å². The van der Waals surface area contributed by atoms with E-state index >= 15 is 0 Å². The van der Waals surface area contributed by atoms with Crippen molar-refractivity contribution < 1.29 is 18.1 Å². The maximum absolute atomic E-state index is 10.8. The van der Waals surface area contributed by atoms with Crippen molar-refractivity contribution in [2.24, 2.45) is 5.73 Å². The molecule has 1 unspecified atom stereocenters. The van der Waals surface area contributed by atoms with E-state index in [9.17, 15) is 4.79 Å². The van der Waals surface area contributed by atoms with Crippen LogP contribution < -0.4 is 11.1 Å². The molecule has 2 rings (SSSR count). The summed E-state index contributed by atoms with van der Waals surface area (Å²) in [5, 5.41) is 2.60. The van der Waals surface area contributed by atoms with Crippen molar-refractivity contribution in [1.29, 1.82) is 0 Å². The van der Waals surface area contributed by atoms with Crippen molar-refractivity contribution >= 4 is 14.8 Å².